The van der Waals surface area contributed by atoms with Crippen LogP contribution >= 0.6 is 36.2 Å². The number of halogens is 2. The molecule has 8 heteroatoms. The molecule has 0 radical (unpaired) electrons. The van der Waals surface area contributed by atoms with Gasteiger partial charge in [0.2, 0.25) is 0 Å². The summed E-state index contributed by atoms with van der Waals surface area (Å²) in [5, 5.41) is 8.59. The Kier molecular flexibility index (Phi) is 4.50. The first-order chi connectivity index (χ1) is 7.75. The quantitative estimate of drug-likeness (QED) is 0.725. The molecule has 0 unspecified atom stereocenters. The van der Waals surface area contributed by atoms with Gasteiger partial charge < -0.3 is 4.98 Å². The largest absolute Gasteiger partial charge is 0.305 e. The van der Waals surface area contributed by atoms with Crippen LogP contribution in [0.25, 0.3) is 21.6 Å². The van der Waals surface area contributed by atoms with Crippen molar-refractivity contribution >= 4 is 46.4 Å². The Balaban J connectivity index is 0.000000810. The van der Waals surface area contributed by atoms with Gasteiger partial charge >= 0.3 is 0 Å². The summed E-state index contributed by atoms with van der Waals surface area (Å²) < 4.78 is 0.657. The van der Waals surface area contributed by atoms with Crippen LogP contribution < -0.4 is 5.56 Å². The molecule has 3 aromatic rings. The van der Waals surface area contributed by atoms with Crippen molar-refractivity contribution in [1.29, 1.82) is 0 Å². The highest BCUT2D eigenvalue weighted by Crippen LogP contribution is 2.20. The minimum atomic E-state index is -0.101. The first-order valence-corrected chi connectivity index (χ1v) is 5.61. The molecule has 3 rings (SSSR count). The number of hydrogen-bond donors (Lipinski definition) is 2. The van der Waals surface area contributed by atoms with Gasteiger partial charge in [-0.15, -0.1) is 36.2 Å². The summed E-state index contributed by atoms with van der Waals surface area (Å²) in [6, 6.07) is 1.84. The van der Waals surface area contributed by atoms with E-state index < -0.39 is 0 Å². The van der Waals surface area contributed by atoms with Gasteiger partial charge in [0.05, 0.1) is 17.3 Å². The summed E-state index contributed by atoms with van der Waals surface area (Å²) in [4.78, 5) is 18.9. The van der Waals surface area contributed by atoms with Crippen LogP contribution in [-0.4, -0.2) is 20.2 Å². The highest BCUT2D eigenvalue weighted by molar-refractivity contribution is 7.17. The van der Waals surface area contributed by atoms with E-state index in [1.165, 1.54) is 11.3 Å². The van der Waals surface area contributed by atoms with Crippen molar-refractivity contribution < 1.29 is 0 Å². The van der Waals surface area contributed by atoms with E-state index in [0.717, 1.165) is 16.8 Å². The van der Waals surface area contributed by atoms with Crippen LogP contribution in [0.5, 0.6) is 0 Å². The van der Waals surface area contributed by atoms with Crippen molar-refractivity contribution in [3.8, 4) is 11.4 Å². The van der Waals surface area contributed by atoms with E-state index in [4.69, 9.17) is 0 Å². The molecule has 0 atom stereocenters. The number of H-pyrrole nitrogens is 2. The van der Waals surface area contributed by atoms with Crippen LogP contribution in [0.1, 0.15) is 5.69 Å². The Hall–Kier alpha value is -1.37. The van der Waals surface area contributed by atoms with Gasteiger partial charge in [0.1, 0.15) is 10.5 Å². The van der Waals surface area contributed by atoms with Crippen molar-refractivity contribution in [2.24, 2.45) is 0 Å². The van der Waals surface area contributed by atoms with Crippen molar-refractivity contribution in [2.75, 3.05) is 0 Å². The third-order valence-corrected chi connectivity index (χ3v) is 3.30. The Morgan fingerprint density at radius 2 is 2.11 bits per heavy atom. The lowest BCUT2D eigenvalue weighted by Gasteiger charge is -1.98. The lowest BCUT2D eigenvalue weighted by atomic mass is 10.2. The number of nitrogens with zero attached hydrogens (tertiary/aromatic N) is 2. The van der Waals surface area contributed by atoms with Gasteiger partial charge in [0.25, 0.3) is 5.56 Å². The molecule has 0 bridgehead atoms. The fraction of sp³-hybridized carbons (Fsp3) is 0.100. The van der Waals surface area contributed by atoms with Crippen molar-refractivity contribution in [2.45, 2.75) is 6.92 Å². The molecule has 96 valence electrons. The molecule has 18 heavy (non-hydrogen) atoms. The predicted octanol–water partition coefficient (Wildman–Crippen LogP) is 2.53. The third-order valence-electron chi connectivity index (χ3n) is 2.40. The summed E-state index contributed by atoms with van der Waals surface area (Å²) in [5.74, 6) is 0.558. The molecule has 0 amide bonds. The van der Waals surface area contributed by atoms with Crippen LogP contribution in [0.15, 0.2) is 22.4 Å². The average molecular weight is 305 g/mol. The molecular weight excluding hydrogens is 295 g/mol. The summed E-state index contributed by atoms with van der Waals surface area (Å²) in [6.45, 7) is 1.89. The minimum Gasteiger partial charge on any atom is -0.305 e. The van der Waals surface area contributed by atoms with Gasteiger partial charge in [0.15, 0.2) is 0 Å². The maximum atomic E-state index is 11.8. The standard InChI is InChI=1S/C10H8N4OS.2ClH/c1-5-6(4-11-14-5)9-12-7-2-3-16-8(7)10(15)13-9;;/h2-4H,1H3,(H,11,14)(H,12,13,15);2*1H. The number of rotatable bonds is 1. The maximum Gasteiger partial charge on any atom is 0.269 e. The Labute approximate surface area is 118 Å². The molecule has 0 saturated carbocycles. The number of hydrogen-bond acceptors (Lipinski definition) is 4. The van der Waals surface area contributed by atoms with Crippen LogP contribution in [0, 0.1) is 6.92 Å². The van der Waals surface area contributed by atoms with Crippen molar-refractivity contribution in [3.63, 3.8) is 0 Å². The number of fused-ring (bicyclic) bond motifs is 1. The summed E-state index contributed by atoms with van der Waals surface area (Å²) in [6.07, 6.45) is 1.66. The molecule has 3 heterocycles. The van der Waals surface area contributed by atoms with E-state index in [-0.39, 0.29) is 30.4 Å². The van der Waals surface area contributed by atoms with E-state index in [2.05, 4.69) is 20.2 Å². The second kappa shape index (κ2) is 5.51. The summed E-state index contributed by atoms with van der Waals surface area (Å²) in [5.41, 5.74) is 2.34. The molecule has 0 saturated heterocycles. The third kappa shape index (κ3) is 2.27. The molecule has 0 aliphatic rings. The second-order valence-corrected chi connectivity index (χ2v) is 4.37. The zero-order valence-electron chi connectivity index (χ0n) is 9.26. The van der Waals surface area contributed by atoms with Gasteiger partial charge in [-0.25, -0.2) is 4.98 Å². The van der Waals surface area contributed by atoms with Gasteiger partial charge in [-0.3, -0.25) is 9.89 Å². The van der Waals surface area contributed by atoms with Gasteiger partial charge in [-0.1, -0.05) is 0 Å². The Morgan fingerprint density at radius 3 is 2.78 bits per heavy atom. The first-order valence-electron chi connectivity index (χ1n) is 4.73. The van der Waals surface area contributed by atoms with Crippen LogP contribution in [0.2, 0.25) is 0 Å². The highest BCUT2D eigenvalue weighted by Gasteiger charge is 2.09. The zero-order valence-corrected chi connectivity index (χ0v) is 11.7. The normalized spacial score (nSPS) is 9.83. The minimum absolute atomic E-state index is 0. The van der Waals surface area contributed by atoms with Gasteiger partial charge in [-0.2, -0.15) is 5.10 Å². The number of aromatic amines is 2. The zero-order chi connectivity index (χ0) is 11.1. The molecular formula is C10H10Cl2N4OS. The highest BCUT2D eigenvalue weighted by atomic mass is 35.5. The van der Waals surface area contributed by atoms with Crippen LogP contribution in [-0.2, 0) is 0 Å². The van der Waals surface area contributed by atoms with Crippen molar-refractivity contribution in [1.82, 2.24) is 20.2 Å². The Bertz CT molecular complexity index is 718. The molecule has 0 aliphatic carbocycles. The SMILES string of the molecule is Cc1[nH]ncc1-c1nc2ccsc2c(=O)[nH]1.Cl.Cl. The fourth-order valence-corrected chi connectivity index (χ4v) is 2.32. The fourth-order valence-electron chi connectivity index (χ4n) is 1.59. The van der Waals surface area contributed by atoms with Gasteiger partial charge in [-0.05, 0) is 18.4 Å². The molecule has 0 aromatic carbocycles. The molecule has 0 spiro atoms. The molecule has 0 fully saturated rings. The van der Waals surface area contributed by atoms with Crippen LogP contribution in [0.4, 0.5) is 0 Å². The number of aryl methyl sites for hydroxylation is 1. The number of thiophene rings is 1. The summed E-state index contributed by atoms with van der Waals surface area (Å²) >= 11 is 1.39. The van der Waals surface area contributed by atoms with Crippen LogP contribution in [0.3, 0.4) is 0 Å². The molecule has 2 N–H and O–H groups in total. The lowest BCUT2D eigenvalue weighted by molar-refractivity contribution is 1.05. The number of nitrogens with one attached hydrogen (secondary N) is 2. The van der Waals surface area contributed by atoms with E-state index in [9.17, 15) is 4.79 Å². The van der Waals surface area contributed by atoms with E-state index in [1.807, 2.05) is 18.4 Å². The summed E-state index contributed by atoms with van der Waals surface area (Å²) in [7, 11) is 0. The Morgan fingerprint density at radius 1 is 1.33 bits per heavy atom. The predicted molar refractivity (Wildman–Crippen MR) is 77.1 cm³/mol. The lowest BCUT2D eigenvalue weighted by Crippen LogP contribution is -2.07. The topological polar surface area (TPSA) is 74.4 Å². The van der Waals surface area contributed by atoms with E-state index in [0.29, 0.717) is 10.5 Å². The first kappa shape index (κ1) is 14.7. The smallest absolute Gasteiger partial charge is 0.269 e. The average Bonchev–Trinajstić information content (AvgIpc) is 2.85. The van der Waals surface area contributed by atoms with Crippen molar-refractivity contribution in [3.05, 3.63) is 33.7 Å². The van der Waals surface area contributed by atoms with Gasteiger partial charge in [0, 0.05) is 5.69 Å². The van der Waals surface area contributed by atoms with E-state index >= 15 is 0 Å². The molecule has 5 nitrogen and oxygen atoms in total. The maximum absolute atomic E-state index is 11.8. The monoisotopic (exact) mass is 304 g/mol. The number of aromatic nitrogens is 4. The molecule has 0 aliphatic heterocycles. The van der Waals surface area contributed by atoms with E-state index in [1.54, 1.807) is 6.20 Å². The molecule has 3 aromatic heterocycles. The second-order valence-electron chi connectivity index (χ2n) is 3.46.